The van der Waals surface area contributed by atoms with Gasteiger partial charge in [-0.3, -0.25) is 0 Å². The van der Waals surface area contributed by atoms with E-state index >= 15 is 0 Å². The molecule has 1 radical (unpaired) electrons. The molecular weight excluding hydrogens is 144 g/mol. The lowest BCUT2D eigenvalue weighted by Gasteiger charge is -1.49. The molecular formula is C7H7N2S. The second-order valence-corrected chi connectivity index (χ2v) is 2.20. The van der Waals surface area contributed by atoms with Crippen LogP contribution in [0.15, 0.2) is 36.1 Å². The molecule has 0 aromatic carbocycles. The summed E-state index contributed by atoms with van der Waals surface area (Å²) >= 11 is 1.48. The van der Waals surface area contributed by atoms with Gasteiger partial charge in [-0.05, 0) is 12.1 Å². The van der Waals surface area contributed by atoms with Crippen LogP contribution < -0.4 is 0 Å². The second kappa shape index (κ2) is 4.76. The molecule has 2 heterocycles. The Morgan fingerprint density at radius 1 is 1.30 bits per heavy atom. The molecule has 2 rings (SSSR count). The molecule has 0 aliphatic rings. The third-order valence-electron chi connectivity index (χ3n) is 0.805. The zero-order valence-corrected chi connectivity index (χ0v) is 6.14. The number of hydrogen-bond donors (Lipinski definition) is 1. The highest BCUT2D eigenvalue weighted by Crippen LogP contribution is 1.84. The average molecular weight is 151 g/mol. The fourth-order valence-electron chi connectivity index (χ4n) is 0.430. The van der Waals surface area contributed by atoms with E-state index in [-0.39, 0.29) is 0 Å². The van der Waals surface area contributed by atoms with E-state index in [9.17, 15) is 0 Å². The molecule has 0 amide bonds. The van der Waals surface area contributed by atoms with Crippen LogP contribution in [0.2, 0.25) is 0 Å². The van der Waals surface area contributed by atoms with Gasteiger partial charge in [0.15, 0.2) is 5.51 Å². The van der Waals surface area contributed by atoms with Crippen molar-refractivity contribution in [3.05, 3.63) is 41.6 Å². The smallest absolute Gasteiger partial charge is 0.152 e. The summed E-state index contributed by atoms with van der Waals surface area (Å²) < 4.78 is 0. The molecule has 0 fully saturated rings. The SMILES string of the molecule is [c]1nccs1.c1cc[nH]c1. The molecule has 0 aliphatic heterocycles. The van der Waals surface area contributed by atoms with E-state index in [0.717, 1.165) is 0 Å². The molecule has 2 nitrogen and oxygen atoms in total. The lowest BCUT2D eigenvalue weighted by atomic mass is 10.7. The molecule has 0 aliphatic carbocycles. The highest BCUT2D eigenvalue weighted by atomic mass is 32.1. The van der Waals surface area contributed by atoms with E-state index in [1.54, 1.807) is 6.20 Å². The molecule has 0 unspecified atom stereocenters. The summed E-state index contributed by atoms with van der Waals surface area (Å²) in [6, 6.07) is 3.89. The Balaban J connectivity index is 0.0000001000. The van der Waals surface area contributed by atoms with Gasteiger partial charge in [0.2, 0.25) is 0 Å². The van der Waals surface area contributed by atoms with E-state index in [2.05, 4.69) is 15.5 Å². The number of rotatable bonds is 0. The number of H-pyrrole nitrogens is 1. The quantitative estimate of drug-likeness (QED) is 0.612. The first-order chi connectivity index (χ1) is 5.00. The molecule has 2 aromatic heterocycles. The summed E-state index contributed by atoms with van der Waals surface area (Å²) in [7, 11) is 0. The Labute approximate surface area is 63.6 Å². The standard InChI is InChI=1S/C4H5N.C3H2NS/c1-2-4-5-3-1;1-2-5-3-4-1/h1-5H;1-2H. The monoisotopic (exact) mass is 151 g/mol. The van der Waals surface area contributed by atoms with E-state index < -0.39 is 0 Å². The third-order valence-corrected chi connectivity index (χ3v) is 1.27. The maximum absolute atomic E-state index is 3.62. The number of thiazole rings is 1. The van der Waals surface area contributed by atoms with Gasteiger partial charge in [-0.1, -0.05) is 0 Å². The van der Waals surface area contributed by atoms with Gasteiger partial charge < -0.3 is 4.98 Å². The van der Waals surface area contributed by atoms with Gasteiger partial charge >= 0.3 is 0 Å². The molecule has 0 bridgehead atoms. The normalized spacial score (nSPS) is 8.00. The highest BCUT2D eigenvalue weighted by Gasteiger charge is 1.61. The van der Waals surface area contributed by atoms with Crippen molar-refractivity contribution < 1.29 is 0 Å². The fraction of sp³-hybridized carbons (Fsp3) is 0. The van der Waals surface area contributed by atoms with Gasteiger partial charge in [-0.15, -0.1) is 11.3 Å². The van der Waals surface area contributed by atoms with Gasteiger partial charge in [0.1, 0.15) is 0 Å². The van der Waals surface area contributed by atoms with Crippen LogP contribution in [0.5, 0.6) is 0 Å². The van der Waals surface area contributed by atoms with E-state index in [1.807, 2.05) is 29.9 Å². The van der Waals surface area contributed by atoms with E-state index in [4.69, 9.17) is 0 Å². The van der Waals surface area contributed by atoms with E-state index in [1.165, 1.54) is 11.3 Å². The van der Waals surface area contributed by atoms with Crippen molar-refractivity contribution >= 4 is 11.3 Å². The molecule has 0 saturated carbocycles. The molecule has 10 heavy (non-hydrogen) atoms. The maximum Gasteiger partial charge on any atom is 0.152 e. The van der Waals surface area contributed by atoms with Crippen LogP contribution in [-0.2, 0) is 0 Å². The zero-order valence-electron chi connectivity index (χ0n) is 5.32. The first-order valence-corrected chi connectivity index (χ1v) is 3.71. The van der Waals surface area contributed by atoms with Crippen molar-refractivity contribution in [3.8, 4) is 0 Å². The van der Waals surface area contributed by atoms with Crippen LogP contribution in [0, 0.1) is 5.51 Å². The molecule has 0 atom stereocenters. The third kappa shape index (κ3) is 3.04. The summed E-state index contributed by atoms with van der Waals surface area (Å²) in [5.41, 5.74) is 2.65. The maximum atomic E-state index is 3.62. The summed E-state index contributed by atoms with van der Waals surface area (Å²) in [5, 5.41) is 1.88. The lowest BCUT2D eigenvalue weighted by molar-refractivity contribution is 1.41. The van der Waals surface area contributed by atoms with Crippen molar-refractivity contribution in [1.29, 1.82) is 0 Å². The van der Waals surface area contributed by atoms with Crippen LogP contribution in [0.4, 0.5) is 0 Å². The Morgan fingerprint density at radius 3 is 2.30 bits per heavy atom. The number of nitrogens with one attached hydrogen (secondary N) is 1. The highest BCUT2D eigenvalue weighted by molar-refractivity contribution is 7.06. The largest absolute Gasteiger partial charge is 0.368 e. The Morgan fingerprint density at radius 2 is 2.10 bits per heavy atom. The number of nitrogens with zero attached hydrogens (tertiary/aromatic N) is 1. The van der Waals surface area contributed by atoms with Gasteiger partial charge in [0.05, 0.1) is 0 Å². The van der Waals surface area contributed by atoms with Gasteiger partial charge in [-0.2, -0.15) is 0 Å². The summed E-state index contributed by atoms with van der Waals surface area (Å²) in [6.07, 6.45) is 5.46. The van der Waals surface area contributed by atoms with Gasteiger partial charge in [0, 0.05) is 24.0 Å². The number of aromatic nitrogens is 2. The van der Waals surface area contributed by atoms with Crippen LogP contribution in [0.1, 0.15) is 0 Å². The van der Waals surface area contributed by atoms with Crippen LogP contribution >= 0.6 is 11.3 Å². The predicted octanol–water partition coefficient (Wildman–Crippen LogP) is 1.96. The number of hydrogen-bond acceptors (Lipinski definition) is 2. The molecule has 51 valence electrons. The zero-order chi connectivity index (χ0) is 7.07. The first kappa shape index (κ1) is 7.02. The lowest BCUT2D eigenvalue weighted by Crippen LogP contribution is -1.39. The molecule has 0 spiro atoms. The molecule has 0 saturated heterocycles. The Bertz CT molecular complexity index is 151. The molecule has 1 N–H and O–H groups in total. The predicted molar refractivity (Wildman–Crippen MR) is 41.7 cm³/mol. The van der Waals surface area contributed by atoms with E-state index in [0.29, 0.717) is 0 Å². The summed E-state index contributed by atoms with van der Waals surface area (Å²) in [5.74, 6) is 0. The topological polar surface area (TPSA) is 28.7 Å². The van der Waals surface area contributed by atoms with Crippen LogP contribution in [0.3, 0.4) is 0 Å². The minimum Gasteiger partial charge on any atom is -0.368 e. The average Bonchev–Trinajstić information content (AvgIpc) is 2.67. The fourth-order valence-corrected chi connectivity index (χ4v) is 0.734. The second-order valence-electron chi connectivity index (χ2n) is 1.51. The number of aromatic amines is 1. The van der Waals surface area contributed by atoms with Crippen LogP contribution in [-0.4, -0.2) is 9.97 Å². The first-order valence-electron chi connectivity index (χ1n) is 2.83. The van der Waals surface area contributed by atoms with Crippen molar-refractivity contribution in [1.82, 2.24) is 9.97 Å². The van der Waals surface area contributed by atoms with Crippen molar-refractivity contribution in [2.75, 3.05) is 0 Å². The summed E-state index contributed by atoms with van der Waals surface area (Å²) in [6.45, 7) is 0. The van der Waals surface area contributed by atoms with Crippen molar-refractivity contribution in [2.24, 2.45) is 0 Å². The van der Waals surface area contributed by atoms with Crippen LogP contribution in [0.25, 0.3) is 0 Å². The van der Waals surface area contributed by atoms with Crippen molar-refractivity contribution in [2.45, 2.75) is 0 Å². The minimum atomic E-state index is 1.48. The van der Waals surface area contributed by atoms with Crippen molar-refractivity contribution in [3.63, 3.8) is 0 Å². The Kier molecular flexibility index (Phi) is 3.34. The van der Waals surface area contributed by atoms with Gasteiger partial charge in [0.25, 0.3) is 0 Å². The molecule has 2 aromatic rings. The minimum absolute atomic E-state index is 1.48. The summed E-state index contributed by atoms with van der Waals surface area (Å²) in [4.78, 5) is 6.48. The molecule has 3 heteroatoms. The van der Waals surface area contributed by atoms with Gasteiger partial charge in [-0.25, -0.2) is 4.98 Å². The Hall–Kier alpha value is -1.09.